The molecule has 0 aliphatic carbocycles. The van der Waals surface area contributed by atoms with Crippen molar-refractivity contribution in [3.05, 3.63) is 33.8 Å². The minimum atomic E-state index is -0.810. The summed E-state index contributed by atoms with van der Waals surface area (Å²) in [5.41, 5.74) is 0.117. The van der Waals surface area contributed by atoms with Crippen molar-refractivity contribution in [1.82, 2.24) is 5.32 Å². The van der Waals surface area contributed by atoms with Crippen LogP contribution in [0.3, 0.4) is 0 Å². The van der Waals surface area contributed by atoms with Gasteiger partial charge >= 0.3 is 0 Å². The van der Waals surface area contributed by atoms with Crippen LogP contribution in [0.1, 0.15) is 31.9 Å². The number of rotatable bonds is 7. The summed E-state index contributed by atoms with van der Waals surface area (Å²) in [5.74, 6) is 0. The molecule has 3 nitrogen and oxygen atoms in total. The molecule has 2 atom stereocenters. The normalized spacial score (nSPS) is 16.1. The molecule has 0 aliphatic rings. The SMILES string of the molecule is COCCC(C)(O)CNC(C)c1cccc(Cl)c1Cl. The average molecular weight is 306 g/mol. The summed E-state index contributed by atoms with van der Waals surface area (Å²) < 4.78 is 4.98. The summed E-state index contributed by atoms with van der Waals surface area (Å²) in [6.45, 7) is 4.76. The first kappa shape index (κ1) is 16.7. The van der Waals surface area contributed by atoms with Crippen molar-refractivity contribution in [2.45, 2.75) is 31.9 Å². The van der Waals surface area contributed by atoms with Crippen LogP contribution < -0.4 is 5.32 Å². The molecule has 0 heterocycles. The van der Waals surface area contributed by atoms with Gasteiger partial charge < -0.3 is 15.2 Å². The van der Waals surface area contributed by atoms with Gasteiger partial charge in [0.25, 0.3) is 0 Å². The van der Waals surface area contributed by atoms with Crippen LogP contribution in [0, 0.1) is 0 Å². The molecule has 2 unspecified atom stereocenters. The first-order valence-corrected chi connectivity index (χ1v) is 7.01. The van der Waals surface area contributed by atoms with Crippen LogP contribution >= 0.6 is 23.2 Å². The number of methoxy groups -OCH3 is 1. The molecule has 0 radical (unpaired) electrons. The van der Waals surface area contributed by atoms with Gasteiger partial charge in [0.05, 0.1) is 15.6 Å². The highest BCUT2D eigenvalue weighted by atomic mass is 35.5. The van der Waals surface area contributed by atoms with E-state index >= 15 is 0 Å². The van der Waals surface area contributed by atoms with Crippen LogP contribution in [0.25, 0.3) is 0 Å². The molecule has 0 fully saturated rings. The van der Waals surface area contributed by atoms with E-state index in [1.807, 2.05) is 19.1 Å². The summed E-state index contributed by atoms with van der Waals surface area (Å²) in [6, 6.07) is 5.57. The Morgan fingerprint density at radius 1 is 1.42 bits per heavy atom. The highest BCUT2D eigenvalue weighted by Gasteiger charge is 2.21. The molecular weight excluding hydrogens is 285 g/mol. The fourth-order valence-corrected chi connectivity index (χ4v) is 2.22. The predicted molar refractivity (Wildman–Crippen MR) is 80.0 cm³/mol. The van der Waals surface area contributed by atoms with Gasteiger partial charge in [0, 0.05) is 32.7 Å². The van der Waals surface area contributed by atoms with Gasteiger partial charge in [-0.25, -0.2) is 0 Å². The molecule has 2 N–H and O–H groups in total. The van der Waals surface area contributed by atoms with Crippen LogP contribution in [-0.2, 0) is 4.74 Å². The Labute approximate surface area is 124 Å². The number of ether oxygens (including phenoxy) is 1. The second kappa shape index (κ2) is 7.46. The molecule has 0 saturated heterocycles. The van der Waals surface area contributed by atoms with Crippen LogP contribution in [0.4, 0.5) is 0 Å². The minimum absolute atomic E-state index is 0.0141. The van der Waals surface area contributed by atoms with Crippen molar-refractivity contribution in [2.24, 2.45) is 0 Å². The third-order valence-corrected chi connectivity index (χ3v) is 3.92. The Morgan fingerprint density at radius 2 is 2.11 bits per heavy atom. The van der Waals surface area contributed by atoms with Crippen molar-refractivity contribution < 1.29 is 9.84 Å². The van der Waals surface area contributed by atoms with Crippen LogP contribution in [0.5, 0.6) is 0 Å². The Morgan fingerprint density at radius 3 is 2.74 bits per heavy atom. The van der Waals surface area contributed by atoms with Crippen LogP contribution in [0.2, 0.25) is 10.0 Å². The van der Waals surface area contributed by atoms with E-state index in [-0.39, 0.29) is 6.04 Å². The lowest BCUT2D eigenvalue weighted by Crippen LogP contribution is -2.39. The molecule has 1 aromatic carbocycles. The zero-order valence-electron chi connectivity index (χ0n) is 11.5. The first-order valence-electron chi connectivity index (χ1n) is 6.26. The molecule has 1 rings (SSSR count). The van der Waals surface area contributed by atoms with E-state index in [9.17, 15) is 5.11 Å². The van der Waals surface area contributed by atoms with Crippen LogP contribution in [0.15, 0.2) is 18.2 Å². The minimum Gasteiger partial charge on any atom is -0.389 e. The maximum absolute atomic E-state index is 10.2. The number of hydrogen-bond donors (Lipinski definition) is 2. The van der Waals surface area contributed by atoms with Gasteiger partial charge in [-0.15, -0.1) is 0 Å². The number of benzene rings is 1. The zero-order chi connectivity index (χ0) is 14.5. The molecule has 0 bridgehead atoms. The fraction of sp³-hybridized carbons (Fsp3) is 0.571. The number of aliphatic hydroxyl groups is 1. The molecule has 108 valence electrons. The Balaban J connectivity index is 2.60. The molecule has 19 heavy (non-hydrogen) atoms. The molecule has 0 saturated carbocycles. The van der Waals surface area contributed by atoms with Gasteiger partial charge in [0.2, 0.25) is 0 Å². The predicted octanol–water partition coefficient (Wildman–Crippen LogP) is 3.43. The van der Waals surface area contributed by atoms with Crippen molar-refractivity contribution in [1.29, 1.82) is 0 Å². The molecule has 0 spiro atoms. The molecule has 0 amide bonds. The largest absolute Gasteiger partial charge is 0.389 e. The summed E-state index contributed by atoms with van der Waals surface area (Å²) in [5, 5.41) is 14.5. The lowest BCUT2D eigenvalue weighted by atomic mass is 10.0. The second-order valence-electron chi connectivity index (χ2n) is 4.99. The molecule has 0 aliphatic heterocycles. The molecule has 5 heteroatoms. The van der Waals surface area contributed by atoms with Gasteiger partial charge in [-0.2, -0.15) is 0 Å². The summed E-state index contributed by atoms with van der Waals surface area (Å²) in [6.07, 6.45) is 0.576. The van der Waals surface area contributed by atoms with E-state index in [0.717, 1.165) is 5.56 Å². The Bertz CT molecular complexity index is 410. The van der Waals surface area contributed by atoms with E-state index in [4.69, 9.17) is 27.9 Å². The standard InChI is InChI=1S/C14H21Cl2NO2/c1-10(11-5-4-6-12(15)13(11)16)17-9-14(2,18)7-8-19-3/h4-6,10,17-18H,7-9H2,1-3H3. The quantitative estimate of drug-likeness (QED) is 0.811. The summed E-state index contributed by atoms with van der Waals surface area (Å²) >= 11 is 12.2. The molecular formula is C14H21Cl2NO2. The van der Waals surface area contributed by atoms with E-state index in [2.05, 4.69) is 5.32 Å². The van der Waals surface area contributed by atoms with Gasteiger partial charge in [-0.05, 0) is 25.5 Å². The van der Waals surface area contributed by atoms with Crippen molar-refractivity contribution in [3.63, 3.8) is 0 Å². The molecule has 0 aromatic heterocycles. The highest BCUT2D eigenvalue weighted by Crippen LogP contribution is 2.29. The van der Waals surface area contributed by atoms with E-state index in [1.54, 1.807) is 20.1 Å². The van der Waals surface area contributed by atoms with Crippen molar-refractivity contribution >= 4 is 23.2 Å². The van der Waals surface area contributed by atoms with Crippen molar-refractivity contribution in [3.8, 4) is 0 Å². The number of hydrogen-bond acceptors (Lipinski definition) is 3. The number of halogens is 2. The summed E-state index contributed by atoms with van der Waals surface area (Å²) in [7, 11) is 1.62. The maximum Gasteiger partial charge on any atom is 0.0765 e. The average Bonchev–Trinajstić information content (AvgIpc) is 2.37. The maximum atomic E-state index is 10.2. The number of nitrogens with one attached hydrogen (secondary N) is 1. The van der Waals surface area contributed by atoms with Gasteiger partial charge in [-0.3, -0.25) is 0 Å². The van der Waals surface area contributed by atoms with Gasteiger partial charge in [0.1, 0.15) is 0 Å². The van der Waals surface area contributed by atoms with E-state index in [0.29, 0.717) is 29.6 Å². The topological polar surface area (TPSA) is 41.5 Å². The summed E-state index contributed by atoms with van der Waals surface area (Å²) in [4.78, 5) is 0. The molecule has 1 aromatic rings. The van der Waals surface area contributed by atoms with E-state index < -0.39 is 5.60 Å². The third-order valence-electron chi connectivity index (χ3n) is 3.08. The Kier molecular flexibility index (Phi) is 6.57. The van der Waals surface area contributed by atoms with Gasteiger partial charge in [0.15, 0.2) is 0 Å². The highest BCUT2D eigenvalue weighted by molar-refractivity contribution is 6.42. The van der Waals surface area contributed by atoms with Crippen molar-refractivity contribution in [2.75, 3.05) is 20.3 Å². The smallest absolute Gasteiger partial charge is 0.0765 e. The first-order chi connectivity index (χ1) is 8.87. The lowest BCUT2D eigenvalue weighted by molar-refractivity contribution is 0.0231. The fourth-order valence-electron chi connectivity index (χ4n) is 1.75. The Hall–Kier alpha value is -0.320. The monoisotopic (exact) mass is 305 g/mol. The van der Waals surface area contributed by atoms with Crippen LogP contribution in [-0.4, -0.2) is 31.0 Å². The van der Waals surface area contributed by atoms with Gasteiger partial charge in [-0.1, -0.05) is 35.3 Å². The lowest BCUT2D eigenvalue weighted by Gasteiger charge is -2.26. The third kappa shape index (κ3) is 5.28. The van der Waals surface area contributed by atoms with E-state index in [1.165, 1.54) is 0 Å². The zero-order valence-corrected chi connectivity index (χ0v) is 13.1. The second-order valence-corrected chi connectivity index (χ2v) is 5.77.